The summed E-state index contributed by atoms with van der Waals surface area (Å²) >= 11 is 0. The van der Waals surface area contributed by atoms with Gasteiger partial charge < -0.3 is 11.1 Å². The highest BCUT2D eigenvalue weighted by Crippen LogP contribution is 2.18. The number of carbonyl (C=O) groups excluding carboxylic acids is 1. The van der Waals surface area contributed by atoms with Crippen LogP contribution < -0.4 is 11.1 Å². The van der Waals surface area contributed by atoms with Gasteiger partial charge in [-0.1, -0.05) is 0 Å². The van der Waals surface area contributed by atoms with Gasteiger partial charge in [0.2, 0.25) is 5.91 Å². The zero-order chi connectivity index (χ0) is 13.2. The molecule has 1 aromatic heterocycles. The van der Waals surface area contributed by atoms with Crippen molar-refractivity contribution in [1.29, 1.82) is 0 Å². The standard InChI is InChI=1S/C10H16N4O3S/c11-9-5-13-14(6-9)3-2-12-10(15)8-1-4-18(16,17)7-8/h5-6,8H,1-4,7,11H2,(H,12,15). The van der Waals surface area contributed by atoms with Gasteiger partial charge in [-0.2, -0.15) is 5.10 Å². The van der Waals surface area contributed by atoms with E-state index in [1.54, 1.807) is 10.9 Å². The Bertz CT molecular complexity index is 537. The van der Waals surface area contributed by atoms with Gasteiger partial charge in [-0.15, -0.1) is 0 Å². The molecule has 0 spiro atoms. The molecule has 2 rings (SSSR count). The van der Waals surface area contributed by atoms with Crippen LogP contribution in [0.1, 0.15) is 6.42 Å². The summed E-state index contributed by atoms with van der Waals surface area (Å²) in [5.74, 6) is -0.525. The first-order chi connectivity index (χ1) is 8.46. The monoisotopic (exact) mass is 272 g/mol. The number of rotatable bonds is 4. The Hall–Kier alpha value is -1.57. The van der Waals surface area contributed by atoms with Crippen molar-refractivity contribution in [3.8, 4) is 0 Å². The van der Waals surface area contributed by atoms with E-state index in [1.807, 2.05) is 0 Å². The number of nitrogens with one attached hydrogen (secondary N) is 1. The normalized spacial score (nSPS) is 21.9. The molecule has 18 heavy (non-hydrogen) atoms. The van der Waals surface area contributed by atoms with E-state index in [0.29, 0.717) is 25.2 Å². The molecule has 1 amide bonds. The van der Waals surface area contributed by atoms with E-state index >= 15 is 0 Å². The zero-order valence-corrected chi connectivity index (χ0v) is 10.7. The summed E-state index contributed by atoms with van der Waals surface area (Å²) in [4.78, 5) is 11.7. The number of nitrogen functional groups attached to an aromatic ring is 1. The Kier molecular flexibility index (Phi) is 3.55. The largest absolute Gasteiger partial charge is 0.396 e. The molecule has 2 heterocycles. The van der Waals surface area contributed by atoms with Crippen molar-refractivity contribution >= 4 is 21.4 Å². The second kappa shape index (κ2) is 4.97. The first-order valence-electron chi connectivity index (χ1n) is 5.72. The molecule has 1 fully saturated rings. The molecule has 3 N–H and O–H groups in total. The number of hydrogen-bond donors (Lipinski definition) is 2. The molecular weight excluding hydrogens is 256 g/mol. The van der Waals surface area contributed by atoms with E-state index in [9.17, 15) is 13.2 Å². The maximum Gasteiger partial charge on any atom is 0.224 e. The lowest BCUT2D eigenvalue weighted by atomic mass is 10.1. The summed E-state index contributed by atoms with van der Waals surface area (Å²) in [6, 6.07) is 0. The number of carbonyl (C=O) groups is 1. The predicted molar refractivity (Wildman–Crippen MR) is 66.4 cm³/mol. The molecule has 0 aliphatic carbocycles. The maximum atomic E-state index is 11.7. The topological polar surface area (TPSA) is 107 Å². The van der Waals surface area contributed by atoms with E-state index in [4.69, 9.17) is 5.73 Å². The number of anilines is 1. The fourth-order valence-corrected chi connectivity index (χ4v) is 3.68. The number of hydrogen-bond acceptors (Lipinski definition) is 5. The van der Waals surface area contributed by atoms with E-state index in [2.05, 4.69) is 10.4 Å². The minimum absolute atomic E-state index is 0.0342. The first-order valence-corrected chi connectivity index (χ1v) is 7.54. The molecule has 0 saturated carbocycles. The second-order valence-electron chi connectivity index (χ2n) is 4.43. The van der Waals surface area contributed by atoms with Crippen LogP contribution in [0.3, 0.4) is 0 Å². The molecular formula is C10H16N4O3S. The molecule has 0 aromatic carbocycles. The van der Waals surface area contributed by atoms with Crippen LogP contribution in [0.15, 0.2) is 12.4 Å². The molecule has 1 aromatic rings. The van der Waals surface area contributed by atoms with Gasteiger partial charge >= 0.3 is 0 Å². The molecule has 100 valence electrons. The Balaban J connectivity index is 1.76. The molecule has 1 aliphatic rings. The van der Waals surface area contributed by atoms with Crippen molar-refractivity contribution in [2.24, 2.45) is 5.92 Å². The number of sulfone groups is 1. The highest BCUT2D eigenvalue weighted by atomic mass is 32.2. The molecule has 8 heteroatoms. The first kappa shape index (κ1) is 12.9. The van der Waals surface area contributed by atoms with Crippen molar-refractivity contribution in [1.82, 2.24) is 15.1 Å². The summed E-state index contributed by atoms with van der Waals surface area (Å²) in [7, 11) is -3.01. The number of nitrogens with zero attached hydrogens (tertiary/aromatic N) is 2. The fourth-order valence-electron chi connectivity index (χ4n) is 1.94. The van der Waals surface area contributed by atoms with E-state index in [1.165, 1.54) is 6.20 Å². The Labute approximate surface area is 105 Å². The maximum absolute atomic E-state index is 11.7. The smallest absolute Gasteiger partial charge is 0.224 e. The van der Waals surface area contributed by atoms with Gasteiger partial charge in [-0.3, -0.25) is 9.48 Å². The SMILES string of the molecule is Nc1cnn(CCNC(=O)C2CCS(=O)(=O)C2)c1. The van der Waals surface area contributed by atoms with E-state index in [-0.39, 0.29) is 17.4 Å². The molecule has 1 atom stereocenters. The van der Waals surface area contributed by atoms with Gasteiger partial charge in [-0.25, -0.2) is 8.42 Å². The predicted octanol–water partition coefficient (Wildman–Crippen LogP) is -0.984. The summed E-state index contributed by atoms with van der Waals surface area (Å²) in [6.07, 6.45) is 3.63. The second-order valence-corrected chi connectivity index (χ2v) is 6.66. The highest BCUT2D eigenvalue weighted by molar-refractivity contribution is 7.91. The van der Waals surface area contributed by atoms with Gasteiger partial charge in [-0.05, 0) is 6.42 Å². The number of amides is 1. The molecule has 7 nitrogen and oxygen atoms in total. The summed E-state index contributed by atoms with van der Waals surface area (Å²) in [6.45, 7) is 0.929. The average molecular weight is 272 g/mol. The summed E-state index contributed by atoms with van der Waals surface area (Å²) < 4.78 is 24.1. The third kappa shape index (κ3) is 3.22. The summed E-state index contributed by atoms with van der Waals surface area (Å²) in [5.41, 5.74) is 6.07. The Morgan fingerprint density at radius 3 is 2.94 bits per heavy atom. The molecule has 1 unspecified atom stereocenters. The van der Waals surface area contributed by atoms with Gasteiger partial charge in [0, 0.05) is 12.7 Å². The van der Waals surface area contributed by atoms with Crippen LogP contribution in [0, 0.1) is 5.92 Å². The zero-order valence-electron chi connectivity index (χ0n) is 9.87. The van der Waals surface area contributed by atoms with Gasteiger partial charge in [0.15, 0.2) is 9.84 Å². The van der Waals surface area contributed by atoms with Crippen molar-refractivity contribution in [3.63, 3.8) is 0 Å². The third-order valence-electron chi connectivity index (χ3n) is 2.90. The van der Waals surface area contributed by atoms with Gasteiger partial charge in [0.25, 0.3) is 0 Å². The van der Waals surface area contributed by atoms with Crippen LogP contribution in [0.4, 0.5) is 5.69 Å². The highest BCUT2D eigenvalue weighted by Gasteiger charge is 2.32. The van der Waals surface area contributed by atoms with Gasteiger partial charge in [0.05, 0.1) is 35.9 Å². The van der Waals surface area contributed by atoms with Crippen molar-refractivity contribution in [2.75, 3.05) is 23.8 Å². The molecule has 1 saturated heterocycles. The van der Waals surface area contributed by atoms with Gasteiger partial charge in [0.1, 0.15) is 0 Å². The summed E-state index contributed by atoms with van der Waals surface area (Å²) in [5, 5.41) is 6.69. The Morgan fingerprint density at radius 1 is 1.61 bits per heavy atom. The van der Waals surface area contributed by atoms with Crippen LogP contribution in [-0.2, 0) is 21.2 Å². The fraction of sp³-hybridized carbons (Fsp3) is 0.600. The molecule has 1 aliphatic heterocycles. The van der Waals surface area contributed by atoms with Crippen molar-refractivity contribution in [2.45, 2.75) is 13.0 Å². The minimum atomic E-state index is -3.01. The Morgan fingerprint density at radius 2 is 2.39 bits per heavy atom. The van der Waals surface area contributed by atoms with Crippen molar-refractivity contribution in [3.05, 3.63) is 12.4 Å². The third-order valence-corrected chi connectivity index (χ3v) is 4.66. The van der Waals surface area contributed by atoms with Crippen LogP contribution in [0.2, 0.25) is 0 Å². The van der Waals surface area contributed by atoms with Crippen LogP contribution in [-0.4, -0.2) is 42.2 Å². The minimum Gasteiger partial charge on any atom is -0.396 e. The van der Waals surface area contributed by atoms with Crippen LogP contribution in [0.25, 0.3) is 0 Å². The lowest BCUT2D eigenvalue weighted by molar-refractivity contribution is -0.124. The van der Waals surface area contributed by atoms with E-state index < -0.39 is 15.8 Å². The van der Waals surface area contributed by atoms with Crippen molar-refractivity contribution < 1.29 is 13.2 Å². The van der Waals surface area contributed by atoms with Crippen LogP contribution >= 0.6 is 0 Å². The number of nitrogens with two attached hydrogens (primary N) is 1. The van der Waals surface area contributed by atoms with Crippen LogP contribution in [0.5, 0.6) is 0 Å². The molecule has 0 radical (unpaired) electrons. The quantitative estimate of drug-likeness (QED) is 0.732. The number of aromatic nitrogens is 2. The van der Waals surface area contributed by atoms with E-state index in [0.717, 1.165) is 0 Å². The average Bonchev–Trinajstić information content (AvgIpc) is 2.85. The molecule has 0 bridgehead atoms. The lowest BCUT2D eigenvalue weighted by Crippen LogP contribution is -2.33. The lowest BCUT2D eigenvalue weighted by Gasteiger charge is -2.09.